The standard InChI is InChI=1S/C10H18N4O/c1-2-11-5-9-3-4-10(15-9)6-14-8-12-7-13-14/h7-11H,2-6H2,1H3. The molecule has 0 bridgehead atoms. The van der Waals surface area contributed by atoms with Gasteiger partial charge in [-0.15, -0.1) is 0 Å². The maximum Gasteiger partial charge on any atom is 0.137 e. The molecular weight excluding hydrogens is 192 g/mol. The van der Waals surface area contributed by atoms with E-state index in [1.54, 1.807) is 12.7 Å². The van der Waals surface area contributed by atoms with Gasteiger partial charge in [-0.25, -0.2) is 4.98 Å². The molecule has 1 fully saturated rings. The molecule has 2 unspecified atom stereocenters. The Bertz CT molecular complexity index is 275. The number of nitrogens with zero attached hydrogens (tertiary/aromatic N) is 3. The lowest BCUT2D eigenvalue weighted by atomic mass is 10.2. The molecule has 0 amide bonds. The van der Waals surface area contributed by atoms with Gasteiger partial charge in [-0.05, 0) is 19.4 Å². The molecule has 15 heavy (non-hydrogen) atoms. The number of hydrogen-bond acceptors (Lipinski definition) is 4. The lowest BCUT2D eigenvalue weighted by Gasteiger charge is -2.13. The summed E-state index contributed by atoms with van der Waals surface area (Å²) in [4.78, 5) is 3.92. The summed E-state index contributed by atoms with van der Waals surface area (Å²) in [5.74, 6) is 0. The average molecular weight is 210 g/mol. The molecule has 1 N–H and O–H groups in total. The first-order valence-corrected chi connectivity index (χ1v) is 5.57. The minimum atomic E-state index is 0.301. The Kier molecular flexibility index (Phi) is 3.69. The SMILES string of the molecule is CCNCC1CCC(Cn2cncn2)O1. The molecule has 2 atom stereocenters. The van der Waals surface area contributed by atoms with Crippen molar-refractivity contribution in [1.29, 1.82) is 0 Å². The Labute approximate surface area is 89.8 Å². The molecule has 84 valence electrons. The van der Waals surface area contributed by atoms with Gasteiger partial charge < -0.3 is 10.1 Å². The van der Waals surface area contributed by atoms with Crippen molar-refractivity contribution < 1.29 is 4.74 Å². The van der Waals surface area contributed by atoms with Gasteiger partial charge in [0.1, 0.15) is 12.7 Å². The van der Waals surface area contributed by atoms with Crippen LogP contribution in [0, 0.1) is 0 Å². The molecule has 0 aromatic carbocycles. The van der Waals surface area contributed by atoms with E-state index in [1.165, 1.54) is 0 Å². The van der Waals surface area contributed by atoms with Crippen LogP contribution < -0.4 is 5.32 Å². The van der Waals surface area contributed by atoms with Gasteiger partial charge in [-0.3, -0.25) is 4.68 Å². The van der Waals surface area contributed by atoms with Crippen molar-refractivity contribution in [3.05, 3.63) is 12.7 Å². The second-order valence-electron chi connectivity index (χ2n) is 3.88. The van der Waals surface area contributed by atoms with Crippen LogP contribution in [-0.4, -0.2) is 40.1 Å². The van der Waals surface area contributed by atoms with Crippen molar-refractivity contribution in [2.24, 2.45) is 0 Å². The van der Waals surface area contributed by atoms with Crippen molar-refractivity contribution >= 4 is 0 Å². The number of ether oxygens (including phenoxy) is 1. The highest BCUT2D eigenvalue weighted by Crippen LogP contribution is 2.20. The number of nitrogens with one attached hydrogen (secondary N) is 1. The van der Waals surface area contributed by atoms with Crippen LogP contribution in [0.1, 0.15) is 19.8 Å². The van der Waals surface area contributed by atoms with Crippen molar-refractivity contribution in [2.45, 2.75) is 38.5 Å². The van der Waals surface area contributed by atoms with E-state index in [2.05, 4.69) is 22.3 Å². The lowest BCUT2D eigenvalue weighted by molar-refractivity contribution is 0.0344. The van der Waals surface area contributed by atoms with Crippen LogP contribution >= 0.6 is 0 Å². The maximum absolute atomic E-state index is 5.89. The number of aromatic nitrogens is 3. The Hall–Kier alpha value is -0.940. The van der Waals surface area contributed by atoms with Crippen LogP contribution in [0.3, 0.4) is 0 Å². The summed E-state index contributed by atoms with van der Waals surface area (Å²) in [5, 5.41) is 7.39. The number of likely N-dealkylation sites (N-methyl/N-ethyl adjacent to an activating group) is 1. The Morgan fingerprint density at radius 3 is 3.07 bits per heavy atom. The Morgan fingerprint density at radius 2 is 2.33 bits per heavy atom. The first-order valence-electron chi connectivity index (χ1n) is 5.57. The van der Waals surface area contributed by atoms with E-state index in [0.29, 0.717) is 12.2 Å². The second-order valence-corrected chi connectivity index (χ2v) is 3.88. The molecular formula is C10H18N4O. The molecule has 0 radical (unpaired) electrons. The minimum absolute atomic E-state index is 0.301. The Balaban J connectivity index is 1.73. The molecule has 0 saturated carbocycles. The molecule has 5 nitrogen and oxygen atoms in total. The largest absolute Gasteiger partial charge is 0.372 e. The van der Waals surface area contributed by atoms with Gasteiger partial charge in [-0.1, -0.05) is 6.92 Å². The van der Waals surface area contributed by atoms with Crippen LogP contribution in [0.2, 0.25) is 0 Å². The monoisotopic (exact) mass is 210 g/mol. The molecule has 1 aliphatic rings. The van der Waals surface area contributed by atoms with Crippen LogP contribution in [0.15, 0.2) is 12.7 Å². The lowest BCUT2D eigenvalue weighted by Crippen LogP contribution is -2.27. The summed E-state index contributed by atoms with van der Waals surface area (Å²) in [6.45, 7) is 4.91. The van der Waals surface area contributed by atoms with E-state index in [1.807, 2.05) is 4.68 Å². The normalized spacial score (nSPS) is 25.9. The zero-order valence-electron chi connectivity index (χ0n) is 9.09. The Morgan fingerprint density at radius 1 is 1.47 bits per heavy atom. The number of rotatable bonds is 5. The zero-order valence-corrected chi connectivity index (χ0v) is 9.09. The molecule has 2 rings (SSSR count). The fourth-order valence-corrected chi connectivity index (χ4v) is 1.91. The third kappa shape index (κ3) is 3.00. The summed E-state index contributed by atoms with van der Waals surface area (Å²) in [6.07, 6.45) is 6.24. The number of hydrogen-bond donors (Lipinski definition) is 1. The van der Waals surface area contributed by atoms with Gasteiger partial charge in [-0.2, -0.15) is 5.10 Å². The maximum atomic E-state index is 5.89. The highest BCUT2D eigenvalue weighted by molar-refractivity contribution is 4.75. The molecule has 1 aliphatic heterocycles. The molecule has 0 spiro atoms. The van der Waals surface area contributed by atoms with Gasteiger partial charge in [0.15, 0.2) is 0 Å². The topological polar surface area (TPSA) is 52.0 Å². The molecule has 0 aliphatic carbocycles. The van der Waals surface area contributed by atoms with Crippen LogP contribution in [0.5, 0.6) is 0 Å². The third-order valence-electron chi connectivity index (χ3n) is 2.67. The highest BCUT2D eigenvalue weighted by Gasteiger charge is 2.24. The van der Waals surface area contributed by atoms with Gasteiger partial charge in [0.25, 0.3) is 0 Å². The summed E-state index contributed by atoms with van der Waals surface area (Å²) in [7, 11) is 0. The minimum Gasteiger partial charge on any atom is -0.372 e. The van der Waals surface area contributed by atoms with Crippen molar-refractivity contribution in [3.63, 3.8) is 0 Å². The van der Waals surface area contributed by atoms with Crippen molar-refractivity contribution in [1.82, 2.24) is 20.1 Å². The summed E-state index contributed by atoms with van der Waals surface area (Å²) >= 11 is 0. The predicted octanol–water partition coefficient (Wildman–Crippen LogP) is 0.435. The smallest absolute Gasteiger partial charge is 0.137 e. The second kappa shape index (κ2) is 5.23. The van der Waals surface area contributed by atoms with E-state index in [-0.39, 0.29) is 0 Å². The first kappa shape index (κ1) is 10.6. The average Bonchev–Trinajstić information content (AvgIpc) is 2.87. The molecule has 1 aromatic heterocycles. The van der Waals surface area contributed by atoms with Gasteiger partial charge >= 0.3 is 0 Å². The van der Waals surface area contributed by atoms with Gasteiger partial charge in [0.05, 0.1) is 18.8 Å². The van der Waals surface area contributed by atoms with Gasteiger partial charge in [0.2, 0.25) is 0 Å². The molecule has 1 aromatic rings. The highest BCUT2D eigenvalue weighted by atomic mass is 16.5. The van der Waals surface area contributed by atoms with E-state index < -0.39 is 0 Å². The van der Waals surface area contributed by atoms with Crippen molar-refractivity contribution in [3.8, 4) is 0 Å². The fourth-order valence-electron chi connectivity index (χ4n) is 1.91. The van der Waals surface area contributed by atoms with Crippen LogP contribution in [-0.2, 0) is 11.3 Å². The van der Waals surface area contributed by atoms with E-state index >= 15 is 0 Å². The molecule has 1 saturated heterocycles. The van der Waals surface area contributed by atoms with Gasteiger partial charge in [0, 0.05) is 6.54 Å². The van der Waals surface area contributed by atoms with Crippen molar-refractivity contribution in [2.75, 3.05) is 13.1 Å². The van der Waals surface area contributed by atoms with E-state index in [0.717, 1.165) is 32.5 Å². The van der Waals surface area contributed by atoms with E-state index in [4.69, 9.17) is 4.74 Å². The molecule has 2 heterocycles. The summed E-state index contributed by atoms with van der Waals surface area (Å²) < 4.78 is 7.72. The van der Waals surface area contributed by atoms with Crippen LogP contribution in [0.25, 0.3) is 0 Å². The summed E-state index contributed by atoms with van der Waals surface area (Å²) in [6, 6.07) is 0. The molecule has 5 heteroatoms. The third-order valence-corrected chi connectivity index (χ3v) is 2.67. The van der Waals surface area contributed by atoms with E-state index in [9.17, 15) is 0 Å². The summed E-state index contributed by atoms with van der Waals surface area (Å²) in [5.41, 5.74) is 0. The zero-order chi connectivity index (χ0) is 10.5. The predicted molar refractivity (Wildman–Crippen MR) is 56.5 cm³/mol. The fraction of sp³-hybridized carbons (Fsp3) is 0.800. The van der Waals surface area contributed by atoms with Crippen LogP contribution in [0.4, 0.5) is 0 Å². The first-order chi connectivity index (χ1) is 7.38. The quantitative estimate of drug-likeness (QED) is 0.766.